The molecule has 0 fully saturated rings. The van der Waals surface area contributed by atoms with Gasteiger partial charge < -0.3 is 24.5 Å². The molecule has 1 aliphatic heterocycles. The van der Waals surface area contributed by atoms with Crippen molar-refractivity contribution in [3.05, 3.63) is 72.1 Å². The summed E-state index contributed by atoms with van der Waals surface area (Å²) in [4.78, 5) is 39.3. The fraction of sp³-hybridized carbons (Fsp3) is 0.217. The van der Waals surface area contributed by atoms with E-state index in [1.54, 1.807) is 17.9 Å². The Labute approximate surface area is 184 Å². The highest BCUT2D eigenvalue weighted by molar-refractivity contribution is 6.04. The van der Waals surface area contributed by atoms with Crippen molar-refractivity contribution in [1.29, 1.82) is 0 Å². The Balaban J connectivity index is 1.36. The Hall–Kier alpha value is -4.14. The van der Waals surface area contributed by atoms with Crippen LogP contribution in [0.1, 0.15) is 21.9 Å². The standard InChI is InChI=1S/C23H22N6O3/c1-14-25-16-8-19-21(9-17(16)26-14)32-12-18(23(31)28(19)2)27-22(30)20-10-24-13-29(20)11-15-6-4-3-5-7-15/h3-10,13,18H,11-12H2,1-2H3,(H,25,26)(H,27,30). The molecular weight excluding hydrogens is 408 g/mol. The van der Waals surface area contributed by atoms with Crippen LogP contribution in [0.25, 0.3) is 11.0 Å². The minimum atomic E-state index is -0.840. The third kappa shape index (κ3) is 3.58. The summed E-state index contributed by atoms with van der Waals surface area (Å²) in [6.45, 7) is 2.39. The number of benzene rings is 2. The molecule has 0 radical (unpaired) electrons. The molecule has 0 aliphatic carbocycles. The monoisotopic (exact) mass is 430 g/mol. The van der Waals surface area contributed by atoms with Crippen molar-refractivity contribution in [2.45, 2.75) is 19.5 Å². The number of likely N-dealkylation sites (N-methyl/N-ethyl adjacent to an activating group) is 1. The van der Waals surface area contributed by atoms with Gasteiger partial charge in [0.1, 0.15) is 29.9 Å². The number of imidazole rings is 2. The highest BCUT2D eigenvalue weighted by atomic mass is 16.5. The van der Waals surface area contributed by atoms with E-state index < -0.39 is 6.04 Å². The zero-order chi connectivity index (χ0) is 22.2. The number of carbonyl (C=O) groups is 2. The lowest BCUT2D eigenvalue weighted by atomic mass is 10.2. The van der Waals surface area contributed by atoms with Crippen molar-refractivity contribution >= 4 is 28.5 Å². The van der Waals surface area contributed by atoms with Crippen molar-refractivity contribution in [3.8, 4) is 5.75 Å². The number of aryl methyl sites for hydroxylation is 1. The summed E-state index contributed by atoms with van der Waals surface area (Å²) in [6, 6.07) is 12.6. The molecule has 5 rings (SSSR count). The van der Waals surface area contributed by atoms with Crippen LogP contribution in [-0.4, -0.2) is 51.0 Å². The first-order valence-electron chi connectivity index (χ1n) is 10.3. The van der Waals surface area contributed by atoms with E-state index in [1.807, 2.05) is 49.4 Å². The number of H-pyrrole nitrogens is 1. The lowest BCUT2D eigenvalue weighted by Gasteiger charge is -2.20. The second kappa shape index (κ2) is 7.84. The summed E-state index contributed by atoms with van der Waals surface area (Å²) >= 11 is 0. The molecule has 32 heavy (non-hydrogen) atoms. The van der Waals surface area contributed by atoms with E-state index in [4.69, 9.17) is 4.74 Å². The van der Waals surface area contributed by atoms with E-state index in [-0.39, 0.29) is 18.4 Å². The highest BCUT2D eigenvalue weighted by Gasteiger charge is 2.32. The molecule has 2 aromatic carbocycles. The predicted octanol–water partition coefficient (Wildman–Crippen LogP) is 2.27. The third-order valence-corrected chi connectivity index (χ3v) is 5.52. The van der Waals surface area contributed by atoms with Gasteiger partial charge >= 0.3 is 0 Å². The average Bonchev–Trinajstić information content (AvgIpc) is 3.37. The molecular formula is C23H22N6O3. The van der Waals surface area contributed by atoms with E-state index in [1.165, 1.54) is 11.1 Å². The zero-order valence-electron chi connectivity index (χ0n) is 17.7. The van der Waals surface area contributed by atoms with Crippen LogP contribution in [0, 0.1) is 6.92 Å². The molecule has 2 N–H and O–H groups in total. The van der Waals surface area contributed by atoms with Gasteiger partial charge in [-0.05, 0) is 18.6 Å². The van der Waals surface area contributed by atoms with Gasteiger partial charge in [-0.15, -0.1) is 0 Å². The van der Waals surface area contributed by atoms with E-state index in [0.29, 0.717) is 23.7 Å². The average molecular weight is 430 g/mol. The quantitative estimate of drug-likeness (QED) is 0.517. The Bertz CT molecular complexity index is 1310. The summed E-state index contributed by atoms with van der Waals surface area (Å²) in [5.74, 6) is 0.691. The molecule has 1 unspecified atom stereocenters. The summed E-state index contributed by atoms with van der Waals surface area (Å²) in [6.07, 6.45) is 3.10. The molecule has 162 valence electrons. The van der Waals surface area contributed by atoms with Crippen LogP contribution >= 0.6 is 0 Å². The van der Waals surface area contributed by atoms with Gasteiger partial charge in [0.05, 0.1) is 29.2 Å². The fourth-order valence-electron chi connectivity index (χ4n) is 3.88. The SMILES string of the molecule is Cc1nc2cc3c(cc2[nH]1)OCC(NC(=O)c1cncn1Cc1ccccc1)C(=O)N3C. The van der Waals surface area contributed by atoms with E-state index in [9.17, 15) is 9.59 Å². The second-order valence-corrected chi connectivity index (χ2v) is 7.79. The van der Waals surface area contributed by atoms with Crippen LogP contribution in [0.4, 0.5) is 5.69 Å². The number of carbonyl (C=O) groups excluding carboxylic acids is 2. The van der Waals surface area contributed by atoms with Crippen LogP contribution in [0.15, 0.2) is 55.0 Å². The molecule has 1 aliphatic rings. The number of aromatic nitrogens is 4. The number of hydrogen-bond donors (Lipinski definition) is 2. The normalized spacial score (nSPS) is 15.9. The predicted molar refractivity (Wildman–Crippen MR) is 119 cm³/mol. The topological polar surface area (TPSA) is 105 Å². The maximum absolute atomic E-state index is 13.1. The molecule has 2 amide bonds. The van der Waals surface area contributed by atoms with Gasteiger partial charge in [0.2, 0.25) is 0 Å². The molecule has 0 saturated carbocycles. The first-order chi connectivity index (χ1) is 15.5. The zero-order valence-corrected chi connectivity index (χ0v) is 17.7. The van der Waals surface area contributed by atoms with Gasteiger partial charge in [-0.1, -0.05) is 30.3 Å². The van der Waals surface area contributed by atoms with Crippen LogP contribution in [0.2, 0.25) is 0 Å². The molecule has 4 aromatic rings. The van der Waals surface area contributed by atoms with Crippen molar-refractivity contribution in [1.82, 2.24) is 24.8 Å². The maximum Gasteiger partial charge on any atom is 0.270 e. The van der Waals surface area contributed by atoms with Gasteiger partial charge in [0.25, 0.3) is 11.8 Å². The lowest BCUT2D eigenvalue weighted by Crippen LogP contribution is -2.49. The number of ether oxygens (including phenoxy) is 1. The van der Waals surface area contributed by atoms with Crippen LogP contribution in [-0.2, 0) is 11.3 Å². The third-order valence-electron chi connectivity index (χ3n) is 5.52. The smallest absolute Gasteiger partial charge is 0.270 e. The van der Waals surface area contributed by atoms with Gasteiger partial charge in [-0.3, -0.25) is 9.59 Å². The van der Waals surface area contributed by atoms with Gasteiger partial charge in [-0.25, -0.2) is 9.97 Å². The van der Waals surface area contributed by atoms with Crippen molar-refractivity contribution in [3.63, 3.8) is 0 Å². The molecule has 9 nitrogen and oxygen atoms in total. The van der Waals surface area contributed by atoms with Crippen molar-refractivity contribution in [2.24, 2.45) is 0 Å². The number of amides is 2. The molecule has 2 aromatic heterocycles. The Morgan fingerprint density at radius 3 is 2.91 bits per heavy atom. The molecule has 3 heterocycles. The van der Waals surface area contributed by atoms with Crippen molar-refractivity contribution < 1.29 is 14.3 Å². The number of anilines is 1. The summed E-state index contributed by atoms with van der Waals surface area (Å²) in [5, 5.41) is 2.81. The second-order valence-electron chi connectivity index (χ2n) is 7.79. The molecule has 0 bridgehead atoms. The number of aromatic amines is 1. The van der Waals surface area contributed by atoms with E-state index in [2.05, 4.69) is 20.3 Å². The minimum absolute atomic E-state index is 0.0212. The van der Waals surface area contributed by atoms with Gasteiger partial charge in [0, 0.05) is 19.7 Å². The molecule has 0 spiro atoms. The Kier molecular flexibility index (Phi) is 4.85. The van der Waals surface area contributed by atoms with Gasteiger partial charge in [0.15, 0.2) is 0 Å². The number of nitrogens with zero attached hydrogens (tertiary/aromatic N) is 4. The molecule has 1 atom stereocenters. The summed E-state index contributed by atoms with van der Waals surface area (Å²) in [5.41, 5.74) is 3.60. The summed E-state index contributed by atoms with van der Waals surface area (Å²) in [7, 11) is 1.67. The Morgan fingerprint density at radius 2 is 2.09 bits per heavy atom. The maximum atomic E-state index is 13.1. The molecule has 0 saturated heterocycles. The van der Waals surface area contributed by atoms with Gasteiger partial charge in [-0.2, -0.15) is 0 Å². The lowest BCUT2D eigenvalue weighted by molar-refractivity contribution is -0.120. The minimum Gasteiger partial charge on any atom is -0.489 e. The number of hydrogen-bond acceptors (Lipinski definition) is 5. The fourth-order valence-corrected chi connectivity index (χ4v) is 3.88. The van der Waals surface area contributed by atoms with Crippen LogP contribution in [0.3, 0.4) is 0 Å². The summed E-state index contributed by atoms with van der Waals surface area (Å²) < 4.78 is 7.67. The van der Waals surface area contributed by atoms with Crippen LogP contribution in [0.5, 0.6) is 5.75 Å². The van der Waals surface area contributed by atoms with E-state index >= 15 is 0 Å². The van der Waals surface area contributed by atoms with Crippen LogP contribution < -0.4 is 15.0 Å². The molecule has 9 heteroatoms. The number of rotatable bonds is 4. The highest BCUT2D eigenvalue weighted by Crippen LogP contribution is 2.34. The number of nitrogens with one attached hydrogen (secondary N) is 2. The van der Waals surface area contributed by atoms with E-state index in [0.717, 1.165) is 22.4 Å². The first kappa shape index (κ1) is 19.8. The Morgan fingerprint density at radius 1 is 1.28 bits per heavy atom. The van der Waals surface area contributed by atoms with Crippen molar-refractivity contribution in [2.75, 3.05) is 18.6 Å². The largest absolute Gasteiger partial charge is 0.489 e. The number of fused-ring (bicyclic) bond motifs is 2. The first-order valence-corrected chi connectivity index (χ1v) is 10.3.